The second-order valence-electron chi connectivity index (χ2n) is 3.10. The van der Waals surface area contributed by atoms with E-state index in [1.165, 1.54) is 0 Å². The highest BCUT2D eigenvalue weighted by Gasteiger charge is 2.26. The summed E-state index contributed by atoms with van der Waals surface area (Å²) in [6.45, 7) is 0. The topological polar surface area (TPSA) is 38.3 Å². The van der Waals surface area contributed by atoms with E-state index in [2.05, 4.69) is 5.32 Å². The molecule has 2 rings (SSSR count). The van der Waals surface area contributed by atoms with E-state index in [4.69, 9.17) is 4.74 Å². The Balaban J connectivity index is 2.16. The summed E-state index contributed by atoms with van der Waals surface area (Å²) >= 11 is 0. The quantitative estimate of drug-likeness (QED) is 0.690. The zero-order valence-electron chi connectivity index (χ0n) is 7.41. The van der Waals surface area contributed by atoms with E-state index in [0.717, 1.165) is 11.3 Å². The smallest absolute Gasteiger partial charge is 0.222 e. The minimum atomic E-state index is 0.118. The molecule has 0 aliphatic carbocycles. The molecular weight excluding hydrogens is 166 g/mol. The molecule has 0 spiro atoms. The van der Waals surface area contributed by atoms with Crippen molar-refractivity contribution in [1.82, 2.24) is 5.32 Å². The third kappa shape index (κ3) is 1.49. The zero-order valence-corrected chi connectivity index (χ0v) is 7.41. The fraction of sp³-hybridized carbons (Fsp3) is 0.300. The van der Waals surface area contributed by atoms with Crippen molar-refractivity contribution >= 4 is 5.91 Å². The SMILES string of the molecule is COc1cccc([C@@H]2CC(=O)N2)c1. The largest absolute Gasteiger partial charge is 0.497 e. The van der Waals surface area contributed by atoms with Crippen molar-refractivity contribution in [2.75, 3.05) is 7.11 Å². The first-order valence-corrected chi connectivity index (χ1v) is 4.23. The summed E-state index contributed by atoms with van der Waals surface area (Å²) in [5.74, 6) is 0.950. The summed E-state index contributed by atoms with van der Waals surface area (Å²) in [4.78, 5) is 10.7. The normalized spacial score (nSPS) is 20.4. The molecule has 68 valence electrons. The highest BCUT2D eigenvalue weighted by atomic mass is 16.5. The van der Waals surface area contributed by atoms with Crippen LogP contribution >= 0.6 is 0 Å². The van der Waals surface area contributed by atoms with Gasteiger partial charge in [0.15, 0.2) is 0 Å². The second-order valence-corrected chi connectivity index (χ2v) is 3.10. The number of carbonyl (C=O) groups is 1. The lowest BCUT2D eigenvalue weighted by Crippen LogP contribution is -2.41. The molecule has 0 aromatic heterocycles. The number of hydrogen-bond acceptors (Lipinski definition) is 2. The molecule has 1 fully saturated rings. The number of ether oxygens (including phenoxy) is 1. The third-order valence-corrected chi connectivity index (χ3v) is 2.22. The molecule has 3 heteroatoms. The van der Waals surface area contributed by atoms with Gasteiger partial charge in [-0.1, -0.05) is 12.1 Å². The minimum absolute atomic E-state index is 0.118. The maximum atomic E-state index is 10.7. The Kier molecular flexibility index (Phi) is 1.93. The van der Waals surface area contributed by atoms with Crippen molar-refractivity contribution in [2.24, 2.45) is 0 Å². The van der Waals surface area contributed by atoms with Crippen molar-refractivity contribution in [3.05, 3.63) is 29.8 Å². The Morgan fingerprint density at radius 1 is 1.54 bits per heavy atom. The maximum Gasteiger partial charge on any atom is 0.222 e. The Labute approximate surface area is 76.7 Å². The predicted molar refractivity (Wildman–Crippen MR) is 48.5 cm³/mol. The van der Waals surface area contributed by atoms with Crippen LogP contribution in [0, 0.1) is 0 Å². The fourth-order valence-electron chi connectivity index (χ4n) is 1.42. The highest BCUT2D eigenvalue weighted by molar-refractivity contribution is 5.83. The third-order valence-electron chi connectivity index (χ3n) is 2.22. The first-order valence-electron chi connectivity index (χ1n) is 4.23. The van der Waals surface area contributed by atoms with Crippen LogP contribution in [-0.2, 0) is 4.79 Å². The average Bonchev–Trinajstić information content (AvgIpc) is 2.13. The van der Waals surface area contributed by atoms with Gasteiger partial charge in [-0.15, -0.1) is 0 Å². The van der Waals surface area contributed by atoms with Crippen LogP contribution in [0.3, 0.4) is 0 Å². The molecule has 3 nitrogen and oxygen atoms in total. The number of hydrogen-bond donors (Lipinski definition) is 1. The van der Waals surface area contributed by atoms with Crippen LogP contribution in [-0.4, -0.2) is 13.0 Å². The predicted octanol–water partition coefficient (Wildman–Crippen LogP) is 1.26. The summed E-state index contributed by atoms with van der Waals surface area (Å²) in [5, 5.41) is 2.82. The van der Waals surface area contributed by atoms with E-state index < -0.39 is 0 Å². The lowest BCUT2D eigenvalue weighted by atomic mass is 9.97. The van der Waals surface area contributed by atoms with Gasteiger partial charge >= 0.3 is 0 Å². The van der Waals surface area contributed by atoms with E-state index in [0.29, 0.717) is 6.42 Å². The molecule has 1 aliphatic heterocycles. The van der Waals surface area contributed by atoms with Crippen molar-refractivity contribution in [1.29, 1.82) is 0 Å². The molecule has 1 saturated heterocycles. The molecule has 1 aliphatic rings. The van der Waals surface area contributed by atoms with E-state index in [-0.39, 0.29) is 11.9 Å². The molecule has 1 heterocycles. The van der Waals surface area contributed by atoms with E-state index in [9.17, 15) is 4.79 Å². The number of rotatable bonds is 2. The molecule has 1 aromatic rings. The number of benzene rings is 1. The number of amides is 1. The van der Waals surface area contributed by atoms with Gasteiger partial charge in [0.1, 0.15) is 5.75 Å². The highest BCUT2D eigenvalue weighted by Crippen LogP contribution is 2.26. The second kappa shape index (κ2) is 3.09. The van der Waals surface area contributed by atoms with Gasteiger partial charge in [0.25, 0.3) is 0 Å². The van der Waals surface area contributed by atoms with Gasteiger partial charge in [0.05, 0.1) is 19.6 Å². The number of methoxy groups -OCH3 is 1. The van der Waals surface area contributed by atoms with Crippen LogP contribution in [0.25, 0.3) is 0 Å². The van der Waals surface area contributed by atoms with E-state index >= 15 is 0 Å². The fourth-order valence-corrected chi connectivity index (χ4v) is 1.42. The molecule has 1 atom stereocenters. The molecule has 1 N–H and O–H groups in total. The molecule has 0 bridgehead atoms. The van der Waals surface area contributed by atoms with Crippen molar-refractivity contribution in [3.63, 3.8) is 0 Å². The van der Waals surface area contributed by atoms with Crippen LogP contribution in [0.1, 0.15) is 18.0 Å². The Morgan fingerprint density at radius 3 is 2.92 bits per heavy atom. The Bertz CT molecular complexity index is 327. The summed E-state index contributed by atoms with van der Waals surface area (Å²) in [7, 11) is 1.64. The molecule has 1 aromatic carbocycles. The van der Waals surface area contributed by atoms with Crippen molar-refractivity contribution in [3.8, 4) is 5.75 Å². The van der Waals surface area contributed by atoms with Crippen LogP contribution in [0.2, 0.25) is 0 Å². The Hall–Kier alpha value is -1.51. The van der Waals surface area contributed by atoms with Crippen LogP contribution in [0.15, 0.2) is 24.3 Å². The lowest BCUT2D eigenvalue weighted by Gasteiger charge is -2.27. The summed E-state index contributed by atoms with van der Waals surface area (Å²) in [6.07, 6.45) is 0.590. The molecular formula is C10H11NO2. The first kappa shape index (κ1) is 8.10. The average molecular weight is 177 g/mol. The molecule has 13 heavy (non-hydrogen) atoms. The zero-order chi connectivity index (χ0) is 9.26. The van der Waals surface area contributed by atoms with Crippen molar-refractivity contribution < 1.29 is 9.53 Å². The monoisotopic (exact) mass is 177 g/mol. The molecule has 0 radical (unpaired) electrons. The minimum Gasteiger partial charge on any atom is -0.497 e. The van der Waals surface area contributed by atoms with Crippen LogP contribution < -0.4 is 10.1 Å². The van der Waals surface area contributed by atoms with Gasteiger partial charge in [0, 0.05) is 0 Å². The summed E-state index contributed by atoms with van der Waals surface area (Å²) in [6, 6.07) is 7.95. The van der Waals surface area contributed by atoms with Gasteiger partial charge in [-0.05, 0) is 17.7 Å². The van der Waals surface area contributed by atoms with Gasteiger partial charge in [0.2, 0.25) is 5.91 Å². The van der Waals surface area contributed by atoms with Gasteiger partial charge in [-0.3, -0.25) is 4.79 Å². The lowest BCUT2D eigenvalue weighted by molar-refractivity contribution is -0.128. The van der Waals surface area contributed by atoms with E-state index in [1.807, 2.05) is 24.3 Å². The van der Waals surface area contributed by atoms with Gasteiger partial charge < -0.3 is 10.1 Å². The molecule has 1 amide bonds. The van der Waals surface area contributed by atoms with E-state index in [1.54, 1.807) is 7.11 Å². The Morgan fingerprint density at radius 2 is 2.31 bits per heavy atom. The first-order chi connectivity index (χ1) is 6.29. The van der Waals surface area contributed by atoms with Crippen molar-refractivity contribution in [2.45, 2.75) is 12.5 Å². The standard InChI is InChI=1S/C10H11NO2/c1-13-8-4-2-3-7(5-8)9-6-10(12)11-9/h2-5,9H,6H2,1H3,(H,11,12)/t9-/m0/s1. The number of β-lactam (4-membered cyclic amide) rings is 1. The van der Waals surface area contributed by atoms with Crippen LogP contribution in [0.5, 0.6) is 5.75 Å². The molecule has 0 unspecified atom stereocenters. The summed E-state index contributed by atoms with van der Waals surface area (Å²) in [5.41, 5.74) is 1.11. The number of nitrogens with one attached hydrogen (secondary N) is 1. The maximum absolute atomic E-state index is 10.7. The van der Waals surface area contributed by atoms with Crippen LogP contribution in [0.4, 0.5) is 0 Å². The van der Waals surface area contributed by atoms with Gasteiger partial charge in [-0.2, -0.15) is 0 Å². The molecule has 0 saturated carbocycles. The van der Waals surface area contributed by atoms with Gasteiger partial charge in [-0.25, -0.2) is 0 Å². The summed E-state index contributed by atoms with van der Waals surface area (Å²) < 4.78 is 5.09. The number of carbonyl (C=O) groups excluding carboxylic acids is 1.